The molecule has 2 amide bonds. The van der Waals surface area contributed by atoms with Gasteiger partial charge in [-0.25, -0.2) is 5.48 Å². The van der Waals surface area contributed by atoms with Gasteiger partial charge in [0.15, 0.2) is 0 Å². The van der Waals surface area contributed by atoms with Crippen molar-refractivity contribution in [3.63, 3.8) is 0 Å². The van der Waals surface area contributed by atoms with E-state index in [2.05, 4.69) is 5.32 Å². The Morgan fingerprint density at radius 3 is 2.17 bits per heavy atom. The quantitative estimate of drug-likeness (QED) is 0.418. The fourth-order valence-corrected chi connectivity index (χ4v) is 2.22. The molecule has 0 aliphatic heterocycles. The van der Waals surface area contributed by atoms with Gasteiger partial charge in [-0.15, -0.1) is 0 Å². The van der Waals surface area contributed by atoms with Crippen molar-refractivity contribution in [2.45, 2.75) is 19.3 Å². The number of hydrogen-bond donors (Lipinski definition) is 3. The van der Waals surface area contributed by atoms with Crippen LogP contribution >= 0.6 is 0 Å². The summed E-state index contributed by atoms with van der Waals surface area (Å²) >= 11 is 0. The third kappa shape index (κ3) is 5.23. The number of carbonyl (C=O) groups is 2. The Hall–Kier alpha value is -2.66. The molecule has 0 saturated heterocycles. The second-order valence-corrected chi connectivity index (χ2v) is 5.19. The molecular formula is C18H20N2O3. The molecule has 0 aliphatic carbocycles. The topological polar surface area (TPSA) is 78.4 Å². The molecule has 0 atom stereocenters. The molecule has 5 heteroatoms. The molecule has 0 heterocycles. The zero-order valence-electron chi connectivity index (χ0n) is 12.8. The van der Waals surface area contributed by atoms with Crippen molar-refractivity contribution in [1.29, 1.82) is 0 Å². The largest absolute Gasteiger partial charge is 0.352 e. The van der Waals surface area contributed by atoms with Crippen LogP contribution in [0.2, 0.25) is 0 Å². The van der Waals surface area contributed by atoms with Gasteiger partial charge in [-0.3, -0.25) is 14.8 Å². The predicted molar refractivity (Wildman–Crippen MR) is 88.0 cm³/mol. The van der Waals surface area contributed by atoms with E-state index in [4.69, 9.17) is 5.21 Å². The first-order valence-corrected chi connectivity index (χ1v) is 7.57. The highest BCUT2D eigenvalue weighted by Crippen LogP contribution is 2.19. The van der Waals surface area contributed by atoms with E-state index in [1.165, 1.54) is 0 Å². The molecule has 0 aromatic heterocycles. The lowest BCUT2D eigenvalue weighted by molar-refractivity contribution is -0.129. The van der Waals surface area contributed by atoms with Gasteiger partial charge in [-0.2, -0.15) is 0 Å². The van der Waals surface area contributed by atoms with Crippen molar-refractivity contribution in [3.05, 3.63) is 60.2 Å². The molecule has 0 radical (unpaired) electrons. The van der Waals surface area contributed by atoms with Crippen LogP contribution in [-0.4, -0.2) is 23.6 Å². The molecule has 0 aliphatic rings. The summed E-state index contributed by atoms with van der Waals surface area (Å²) < 4.78 is 0. The van der Waals surface area contributed by atoms with E-state index in [9.17, 15) is 9.59 Å². The number of unbranched alkanes of at least 4 members (excludes halogenated alkanes) is 1. The van der Waals surface area contributed by atoms with Gasteiger partial charge in [0.25, 0.3) is 5.91 Å². The molecule has 3 N–H and O–H groups in total. The average Bonchev–Trinajstić information content (AvgIpc) is 2.62. The van der Waals surface area contributed by atoms with Crippen molar-refractivity contribution in [2.75, 3.05) is 6.54 Å². The maximum absolute atomic E-state index is 12.0. The van der Waals surface area contributed by atoms with Crippen molar-refractivity contribution in [3.8, 4) is 11.1 Å². The molecule has 120 valence electrons. The van der Waals surface area contributed by atoms with Gasteiger partial charge in [-0.1, -0.05) is 42.5 Å². The third-order valence-electron chi connectivity index (χ3n) is 3.50. The van der Waals surface area contributed by atoms with E-state index >= 15 is 0 Å². The summed E-state index contributed by atoms with van der Waals surface area (Å²) in [4.78, 5) is 22.8. The predicted octanol–water partition coefficient (Wildman–Crippen LogP) is 2.76. The van der Waals surface area contributed by atoms with Gasteiger partial charge in [0.2, 0.25) is 5.91 Å². The number of hydroxylamine groups is 1. The van der Waals surface area contributed by atoms with Crippen LogP contribution in [0, 0.1) is 0 Å². The maximum atomic E-state index is 12.0. The van der Waals surface area contributed by atoms with Gasteiger partial charge in [0.1, 0.15) is 0 Å². The first kappa shape index (κ1) is 16.7. The SMILES string of the molecule is O=C(CCCCNC(=O)c1ccc(-c2ccccc2)cc1)NO. The number of amides is 2. The zero-order chi connectivity index (χ0) is 16.5. The fraction of sp³-hybridized carbons (Fsp3) is 0.222. The first-order chi connectivity index (χ1) is 11.2. The van der Waals surface area contributed by atoms with Crippen LogP contribution in [-0.2, 0) is 4.79 Å². The van der Waals surface area contributed by atoms with Gasteiger partial charge < -0.3 is 5.32 Å². The Labute approximate surface area is 135 Å². The van der Waals surface area contributed by atoms with Crippen LogP contribution in [0.15, 0.2) is 54.6 Å². The monoisotopic (exact) mass is 312 g/mol. The summed E-state index contributed by atoms with van der Waals surface area (Å²) in [6, 6.07) is 17.4. The molecule has 0 saturated carbocycles. The summed E-state index contributed by atoms with van der Waals surface area (Å²) in [5, 5.41) is 11.2. The Bertz CT molecular complexity index is 639. The number of nitrogens with one attached hydrogen (secondary N) is 2. The van der Waals surface area contributed by atoms with Crippen LogP contribution in [0.5, 0.6) is 0 Å². The highest BCUT2D eigenvalue weighted by atomic mass is 16.5. The highest BCUT2D eigenvalue weighted by Gasteiger charge is 2.05. The molecule has 0 unspecified atom stereocenters. The number of carbonyl (C=O) groups excluding carboxylic acids is 2. The van der Waals surface area contributed by atoms with Gasteiger partial charge >= 0.3 is 0 Å². The molecule has 2 aromatic carbocycles. The lowest BCUT2D eigenvalue weighted by atomic mass is 10.0. The summed E-state index contributed by atoms with van der Waals surface area (Å²) in [7, 11) is 0. The average molecular weight is 312 g/mol. The minimum Gasteiger partial charge on any atom is -0.352 e. The van der Waals surface area contributed by atoms with Crippen LogP contribution in [0.25, 0.3) is 11.1 Å². The minimum atomic E-state index is -0.409. The molecular weight excluding hydrogens is 292 g/mol. The van der Waals surface area contributed by atoms with E-state index in [0.29, 0.717) is 24.9 Å². The van der Waals surface area contributed by atoms with Crippen LogP contribution < -0.4 is 10.8 Å². The van der Waals surface area contributed by atoms with Crippen LogP contribution in [0.3, 0.4) is 0 Å². The molecule has 0 bridgehead atoms. The van der Waals surface area contributed by atoms with Crippen LogP contribution in [0.4, 0.5) is 0 Å². The molecule has 0 spiro atoms. The molecule has 23 heavy (non-hydrogen) atoms. The maximum Gasteiger partial charge on any atom is 0.251 e. The number of hydrogen-bond acceptors (Lipinski definition) is 3. The smallest absolute Gasteiger partial charge is 0.251 e. The fourth-order valence-electron chi connectivity index (χ4n) is 2.22. The molecule has 5 nitrogen and oxygen atoms in total. The lowest BCUT2D eigenvalue weighted by Gasteiger charge is -2.06. The van der Waals surface area contributed by atoms with E-state index < -0.39 is 5.91 Å². The second kappa shape index (κ2) is 8.70. The molecule has 2 rings (SSSR count). The minimum absolute atomic E-state index is 0.128. The Balaban J connectivity index is 1.80. The van der Waals surface area contributed by atoms with E-state index in [0.717, 1.165) is 11.1 Å². The van der Waals surface area contributed by atoms with Crippen molar-refractivity contribution >= 4 is 11.8 Å². The van der Waals surface area contributed by atoms with Crippen molar-refractivity contribution in [1.82, 2.24) is 10.8 Å². The molecule has 0 fully saturated rings. The van der Waals surface area contributed by atoms with Crippen molar-refractivity contribution < 1.29 is 14.8 Å². The standard InChI is InChI=1S/C18H20N2O3/c21-17(20-23)8-4-5-13-19-18(22)16-11-9-15(10-12-16)14-6-2-1-3-7-14/h1-3,6-7,9-12,23H,4-5,8,13H2,(H,19,22)(H,20,21). The Kier molecular flexibility index (Phi) is 6.32. The van der Waals surface area contributed by atoms with Crippen LogP contribution in [0.1, 0.15) is 29.6 Å². The summed E-state index contributed by atoms with van der Waals surface area (Å²) in [5.41, 5.74) is 4.37. The normalized spacial score (nSPS) is 10.1. The van der Waals surface area contributed by atoms with Gasteiger partial charge in [0, 0.05) is 18.5 Å². The van der Waals surface area contributed by atoms with Crippen molar-refractivity contribution in [2.24, 2.45) is 0 Å². The Morgan fingerprint density at radius 1 is 0.870 bits per heavy atom. The van der Waals surface area contributed by atoms with E-state index in [1.807, 2.05) is 42.5 Å². The summed E-state index contributed by atoms with van der Waals surface area (Å²) in [6.07, 6.45) is 1.54. The zero-order valence-corrected chi connectivity index (χ0v) is 12.8. The third-order valence-corrected chi connectivity index (χ3v) is 3.50. The second-order valence-electron chi connectivity index (χ2n) is 5.19. The van der Waals surface area contributed by atoms with Gasteiger partial charge in [0.05, 0.1) is 0 Å². The highest BCUT2D eigenvalue weighted by molar-refractivity contribution is 5.94. The summed E-state index contributed by atoms with van der Waals surface area (Å²) in [6.45, 7) is 0.498. The molecule has 2 aromatic rings. The summed E-state index contributed by atoms with van der Waals surface area (Å²) in [5.74, 6) is -0.538. The lowest BCUT2D eigenvalue weighted by Crippen LogP contribution is -2.25. The Morgan fingerprint density at radius 2 is 1.52 bits per heavy atom. The first-order valence-electron chi connectivity index (χ1n) is 7.57. The number of benzene rings is 2. The number of rotatable bonds is 7. The van der Waals surface area contributed by atoms with Gasteiger partial charge in [-0.05, 0) is 36.1 Å². The van der Waals surface area contributed by atoms with E-state index in [1.54, 1.807) is 17.6 Å². The van der Waals surface area contributed by atoms with E-state index in [-0.39, 0.29) is 12.3 Å².